The zero-order valence-corrected chi connectivity index (χ0v) is 12.4. The number of hydrogen-bond donors (Lipinski definition) is 1. The topological polar surface area (TPSA) is 77.0 Å². The summed E-state index contributed by atoms with van der Waals surface area (Å²) in [5.74, 6) is 0.496. The molecule has 0 radical (unpaired) electrons. The highest BCUT2D eigenvalue weighted by Gasteiger charge is 2.19. The minimum absolute atomic E-state index is 0.0518. The Morgan fingerprint density at radius 1 is 1.29 bits per heavy atom. The second-order valence-electron chi connectivity index (χ2n) is 5.49. The fourth-order valence-corrected chi connectivity index (χ4v) is 2.91. The molecule has 2 N–H and O–H groups in total. The summed E-state index contributed by atoms with van der Waals surface area (Å²) in [5.41, 5.74) is 7.90. The van der Waals surface area contributed by atoms with Crippen LogP contribution in [0.3, 0.4) is 0 Å². The highest BCUT2D eigenvalue weighted by molar-refractivity contribution is 5.96. The van der Waals surface area contributed by atoms with Gasteiger partial charge in [0.15, 0.2) is 5.65 Å². The first kappa shape index (κ1) is 13.9. The van der Waals surface area contributed by atoms with Gasteiger partial charge in [0.1, 0.15) is 5.52 Å². The van der Waals surface area contributed by atoms with Gasteiger partial charge in [0.05, 0.1) is 5.56 Å². The van der Waals surface area contributed by atoms with Crippen molar-refractivity contribution in [3.8, 4) is 0 Å². The lowest BCUT2D eigenvalue weighted by molar-refractivity contribution is 0.0761. The van der Waals surface area contributed by atoms with Crippen LogP contribution in [-0.4, -0.2) is 38.4 Å². The van der Waals surface area contributed by atoms with Gasteiger partial charge in [-0.2, -0.15) is 0 Å². The Hall–Kier alpha value is -2.11. The van der Waals surface area contributed by atoms with E-state index in [0.29, 0.717) is 17.0 Å². The molecule has 0 spiro atoms. The van der Waals surface area contributed by atoms with Crippen molar-refractivity contribution in [2.45, 2.75) is 39.2 Å². The van der Waals surface area contributed by atoms with Crippen LogP contribution in [-0.2, 0) is 6.54 Å². The molecule has 1 amide bonds. The largest absolute Gasteiger partial charge is 0.369 e. The van der Waals surface area contributed by atoms with E-state index in [1.165, 1.54) is 12.8 Å². The van der Waals surface area contributed by atoms with E-state index in [1.54, 1.807) is 12.3 Å². The maximum absolute atomic E-state index is 12.6. The summed E-state index contributed by atoms with van der Waals surface area (Å²) in [4.78, 5) is 23.2. The number of nitrogens with two attached hydrogens (primary N) is 1. The van der Waals surface area contributed by atoms with Gasteiger partial charge < -0.3 is 10.6 Å². The van der Waals surface area contributed by atoms with Crippen LogP contribution in [0.25, 0.3) is 11.2 Å². The summed E-state index contributed by atoms with van der Waals surface area (Å²) in [6, 6.07) is 1.80. The number of imidazole rings is 1. The van der Waals surface area contributed by atoms with Crippen LogP contribution < -0.4 is 5.73 Å². The SMILES string of the molecule is CCn1c(N)nc2cc(C(=O)N3CCCCCC3)cnc21. The zero-order valence-electron chi connectivity index (χ0n) is 12.4. The quantitative estimate of drug-likeness (QED) is 0.917. The zero-order chi connectivity index (χ0) is 14.8. The predicted octanol–water partition coefficient (Wildman–Crippen LogP) is 2.05. The summed E-state index contributed by atoms with van der Waals surface area (Å²) >= 11 is 0. The lowest BCUT2D eigenvalue weighted by atomic mass is 10.2. The molecule has 1 fully saturated rings. The number of nitrogen functional groups attached to an aromatic ring is 1. The second-order valence-corrected chi connectivity index (χ2v) is 5.49. The first-order valence-electron chi connectivity index (χ1n) is 7.61. The fraction of sp³-hybridized carbons (Fsp3) is 0.533. The summed E-state index contributed by atoms with van der Waals surface area (Å²) in [6.45, 7) is 4.38. The molecule has 1 saturated heterocycles. The smallest absolute Gasteiger partial charge is 0.255 e. The Balaban J connectivity index is 1.91. The molecule has 3 rings (SSSR count). The van der Waals surface area contributed by atoms with Gasteiger partial charge in [-0.1, -0.05) is 12.8 Å². The summed E-state index contributed by atoms with van der Waals surface area (Å²) < 4.78 is 1.84. The average Bonchev–Trinajstić information content (AvgIpc) is 2.68. The van der Waals surface area contributed by atoms with E-state index in [2.05, 4.69) is 9.97 Å². The van der Waals surface area contributed by atoms with E-state index in [-0.39, 0.29) is 5.91 Å². The van der Waals surface area contributed by atoms with Gasteiger partial charge in [0, 0.05) is 25.8 Å². The molecule has 2 aromatic heterocycles. The van der Waals surface area contributed by atoms with Gasteiger partial charge >= 0.3 is 0 Å². The molecule has 1 aliphatic heterocycles. The molecule has 0 atom stereocenters. The summed E-state index contributed by atoms with van der Waals surface area (Å²) in [6.07, 6.45) is 6.22. The van der Waals surface area contributed by atoms with Crippen molar-refractivity contribution in [3.63, 3.8) is 0 Å². The lowest BCUT2D eigenvalue weighted by Crippen LogP contribution is -2.31. The van der Waals surface area contributed by atoms with Gasteiger partial charge in [-0.25, -0.2) is 9.97 Å². The first-order chi connectivity index (χ1) is 10.2. The van der Waals surface area contributed by atoms with Crippen molar-refractivity contribution < 1.29 is 4.79 Å². The molecule has 0 bridgehead atoms. The number of amides is 1. The minimum Gasteiger partial charge on any atom is -0.369 e. The van der Waals surface area contributed by atoms with E-state index in [0.717, 1.165) is 38.1 Å². The van der Waals surface area contributed by atoms with Gasteiger partial charge in [-0.05, 0) is 25.8 Å². The number of pyridine rings is 1. The predicted molar refractivity (Wildman–Crippen MR) is 82.0 cm³/mol. The van der Waals surface area contributed by atoms with Gasteiger partial charge in [0.25, 0.3) is 5.91 Å². The highest BCUT2D eigenvalue weighted by atomic mass is 16.2. The molecular formula is C15H21N5O. The fourth-order valence-electron chi connectivity index (χ4n) is 2.91. The van der Waals surface area contributed by atoms with E-state index in [4.69, 9.17) is 5.73 Å². The van der Waals surface area contributed by atoms with Crippen molar-refractivity contribution in [1.82, 2.24) is 19.4 Å². The van der Waals surface area contributed by atoms with Gasteiger partial charge in [-0.15, -0.1) is 0 Å². The molecule has 21 heavy (non-hydrogen) atoms. The molecule has 6 nitrogen and oxygen atoms in total. The van der Waals surface area contributed by atoms with E-state index >= 15 is 0 Å². The third kappa shape index (κ3) is 2.57. The van der Waals surface area contributed by atoms with Crippen molar-refractivity contribution in [1.29, 1.82) is 0 Å². The number of nitrogens with zero attached hydrogens (tertiary/aromatic N) is 4. The number of hydrogen-bond acceptors (Lipinski definition) is 4. The molecule has 6 heteroatoms. The molecule has 0 saturated carbocycles. The maximum Gasteiger partial charge on any atom is 0.255 e. The van der Waals surface area contributed by atoms with Crippen molar-refractivity contribution in [2.75, 3.05) is 18.8 Å². The van der Waals surface area contributed by atoms with E-state index < -0.39 is 0 Å². The Labute approximate surface area is 124 Å². The molecule has 0 aliphatic carbocycles. The number of aryl methyl sites for hydroxylation is 1. The number of carbonyl (C=O) groups is 1. The van der Waals surface area contributed by atoms with E-state index in [9.17, 15) is 4.79 Å². The molecular weight excluding hydrogens is 266 g/mol. The molecule has 0 aromatic carbocycles. The maximum atomic E-state index is 12.6. The average molecular weight is 287 g/mol. The van der Waals surface area contributed by atoms with E-state index in [1.807, 2.05) is 16.4 Å². The number of rotatable bonds is 2. The van der Waals surface area contributed by atoms with Crippen LogP contribution in [0.15, 0.2) is 12.3 Å². The summed E-state index contributed by atoms with van der Waals surface area (Å²) in [7, 11) is 0. The van der Waals surface area contributed by atoms with Crippen molar-refractivity contribution >= 4 is 23.0 Å². The number of likely N-dealkylation sites (tertiary alicyclic amines) is 1. The van der Waals surface area contributed by atoms with Crippen LogP contribution in [0, 0.1) is 0 Å². The molecule has 0 unspecified atom stereocenters. The Morgan fingerprint density at radius 3 is 2.67 bits per heavy atom. The molecule has 112 valence electrons. The Kier molecular flexibility index (Phi) is 3.77. The van der Waals surface area contributed by atoms with Crippen LogP contribution >= 0.6 is 0 Å². The Morgan fingerprint density at radius 2 is 2.00 bits per heavy atom. The third-order valence-corrected chi connectivity index (χ3v) is 4.07. The molecule has 1 aliphatic rings. The second kappa shape index (κ2) is 5.71. The van der Waals surface area contributed by atoms with Crippen molar-refractivity contribution in [2.24, 2.45) is 0 Å². The number of aromatic nitrogens is 3. The number of anilines is 1. The monoisotopic (exact) mass is 287 g/mol. The van der Waals surface area contributed by atoms with Crippen LogP contribution in [0.1, 0.15) is 43.0 Å². The summed E-state index contributed by atoms with van der Waals surface area (Å²) in [5, 5.41) is 0. The number of carbonyl (C=O) groups excluding carboxylic acids is 1. The molecule has 3 heterocycles. The minimum atomic E-state index is 0.0518. The standard InChI is InChI=1S/C15H21N5O/c1-2-20-13-12(18-15(20)16)9-11(10-17-13)14(21)19-7-5-3-4-6-8-19/h9-10H,2-8H2,1H3,(H2,16,18). The van der Waals surface area contributed by atoms with Crippen LogP contribution in [0.2, 0.25) is 0 Å². The first-order valence-corrected chi connectivity index (χ1v) is 7.61. The number of fused-ring (bicyclic) bond motifs is 1. The lowest BCUT2D eigenvalue weighted by Gasteiger charge is -2.20. The van der Waals surface area contributed by atoms with Crippen molar-refractivity contribution in [3.05, 3.63) is 17.8 Å². The highest BCUT2D eigenvalue weighted by Crippen LogP contribution is 2.19. The van der Waals surface area contributed by atoms with Crippen LogP contribution in [0.5, 0.6) is 0 Å². The van der Waals surface area contributed by atoms with Gasteiger partial charge in [0.2, 0.25) is 5.95 Å². The molecule has 2 aromatic rings. The third-order valence-electron chi connectivity index (χ3n) is 4.07. The van der Waals surface area contributed by atoms with Gasteiger partial charge in [-0.3, -0.25) is 9.36 Å². The Bertz CT molecular complexity index is 655. The van der Waals surface area contributed by atoms with Crippen LogP contribution in [0.4, 0.5) is 5.95 Å². The normalized spacial score (nSPS) is 16.1.